The van der Waals surface area contributed by atoms with Crippen LogP contribution in [-0.4, -0.2) is 12.9 Å². The average molecular weight is 221 g/mol. The van der Waals surface area contributed by atoms with E-state index in [0.717, 1.165) is 6.07 Å². The van der Waals surface area contributed by atoms with Crippen molar-refractivity contribution in [3.63, 3.8) is 0 Å². The van der Waals surface area contributed by atoms with Gasteiger partial charge in [0.1, 0.15) is 11.6 Å². The fourth-order valence-electron chi connectivity index (χ4n) is 1.36. The van der Waals surface area contributed by atoms with Gasteiger partial charge in [0.2, 0.25) is 0 Å². The van der Waals surface area contributed by atoms with Crippen LogP contribution in [0.25, 0.3) is 0 Å². The molecule has 0 unspecified atom stereocenters. The number of Topliss-reactive ketones (excluding diaryl/α,β-unsaturated/α-hetero) is 1. The molecule has 0 aliphatic rings. The summed E-state index contributed by atoms with van der Waals surface area (Å²) in [4.78, 5) is 11.7. The SMILES string of the molecule is COc1ccc(F)cc1C(=O)CCCC#N. The third-order valence-corrected chi connectivity index (χ3v) is 2.15. The number of methoxy groups -OCH3 is 1. The van der Waals surface area contributed by atoms with Crippen molar-refractivity contribution in [1.82, 2.24) is 0 Å². The smallest absolute Gasteiger partial charge is 0.166 e. The first-order chi connectivity index (χ1) is 7.69. The van der Waals surface area contributed by atoms with Crippen LogP contribution in [0.4, 0.5) is 4.39 Å². The zero-order chi connectivity index (χ0) is 12.0. The number of ether oxygens (including phenoxy) is 1. The normalized spacial score (nSPS) is 9.56. The van der Waals surface area contributed by atoms with Crippen LogP contribution in [0.1, 0.15) is 29.6 Å². The van der Waals surface area contributed by atoms with Gasteiger partial charge < -0.3 is 4.74 Å². The number of nitriles is 1. The van der Waals surface area contributed by atoms with Crippen LogP contribution < -0.4 is 4.74 Å². The van der Waals surface area contributed by atoms with Crippen LogP contribution in [-0.2, 0) is 0 Å². The molecule has 0 aromatic heterocycles. The molecule has 0 radical (unpaired) electrons. The minimum atomic E-state index is -0.468. The van der Waals surface area contributed by atoms with E-state index >= 15 is 0 Å². The molecular weight excluding hydrogens is 209 g/mol. The van der Waals surface area contributed by atoms with Crippen molar-refractivity contribution in [1.29, 1.82) is 5.26 Å². The maximum Gasteiger partial charge on any atom is 0.166 e. The molecule has 0 heterocycles. The summed E-state index contributed by atoms with van der Waals surface area (Å²) in [5.41, 5.74) is 0.237. The predicted octanol–water partition coefficient (Wildman–Crippen LogP) is 2.71. The van der Waals surface area contributed by atoms with Gasteiger partial charge in [0, 0.05) is 12.8 Å². The van der Waals surface area contributed by atoms with E-state index in [0.29, 0.717) is 18.6 Å². The quantitative estimate of drug-likeness (QED) is 0.567. The zero-order valence-corrected chi connectivity index (χ0v) is 9.00. The first-order valence-electron chi connectivity index (χ1n) is 4.92. The molecule has 0 fully saturated rings. The van der Waals surface area contributed by atoms with E-state index in [1.165, 1.54) is 19.2 Å². The predicted molar refractivity (Wildman–Crippen MR) is 56.7 cm³/mol. The molecule has 16 heavy (non-hydrogen) atoms. The molecule has 0 atom stereocenters. The van der Waals surface area contributed by atoms with Gasteiger partial charge in [-0.3, -0.25) is 4.79 Å². The highest BCUT2D eigenvalue weighted by Gasteiger charge is 2.12. The maximum atomic E-state index is 13.0. The van der Waals surface area contributed by atoms with Crippen LogP contribution in [0.15, 0.2) is 18.2 Å². The lowest BCUT2D eigenvalue weighted by Gasteiger charge is -2.06. The fraction of sp³-hybridized carbons (Fsp3) is 0.333. The van der Waals surface area contributed by atoms with E-state index in [-0.39, 0.29) is 17.8 Å². The Kier molecular flexibility index (Phi) is 4.46. The summed E-state index contributed by atoms with van der Waals surface area (Å²) < 4.78 is 17.9. The summed E-state index contributed by atoms with van der Waals surface area (Å²) in [6, 6.07) is 5.78. The molecule has 0 saturated heterocycles. The maximum absolute atomic E-state index is 13.0. The van der Waals surface area contributed by atoms with Crippen molar-refractivity contribution in [2.75, 3.05) is 7.11 Å². The van der Waals surface area contributed by atoms with Gasteiger partial charge in [0.25, 0.3) is 0 Å². The molecule has 0 aliphatic carbocycles. The number of hydrogen-bond acceptors (Lipinski definition) is 3. The van der Waals surface area contributed by atoms with E-state index < -0.39 is 5.82 Å². The minimum Gasteiger partial charge on any atom is -0.496 e. The van der Waals surface area contributed by atoms with E-state index in [1.54, 1.807) is 0 Å². The number of benzene rings is 1. The van der Waals surface area contributed by atoms with E-state index in [2.05, 4.69) is 0 Å². The molecule has 1 rings (SSSR count). The molecule has 1 aromatic carbocycles. The second kappa shape index (κ2) is 5.86. The van der Waals surface area contributed by atoms with E-state index in [4.69, 9.17) is 10.00 Å². The lowest BCUT2D eigenvalue weighted by atomic mass is 10.0. The lowest BCUT2D eigenvalue weighted by Crippen LogP contribution is -2.02. The lowest BCUT2D eigenvalue weighted by molar-refractivity contribution is 0.0977. The molecule has 4 heteroatoms. The summed E-state index contributed by atoms with van der Waals surface area (Å²) in [7, 11) is 1.43. The van der Waals surface area contributed by atoms with Gasteiger partial charge in [-0.15, -0.1) is 0 Å². The van der Waals surface area contributed by atoms with Crippen LogP contribution >= 0.6 is 0 Å². The topological polar surface area (TPSA) is 50.1 Å². The summed E-state index contributed by atoms with van der Waals surface area (Å²) >= 11 is 0. The standard InChI is InChI=1S/C12H12FNO2/c1-16-12-6-5-9(13)8-10(12)11(15)4-2-3-7-14/h5-6,8H,2-4H2,1H3. The highest BCUT2D eigenvalue weighted by atomic mass is 19.1. The Morgan fingerprint density at radius 3 is 2.94 bits per heavy atom. The number of nitrogens with zero attached hydrogens (tertiary/aromatic N) is 1. The molecule has 3 nitrogen and oxygen atoms in total. The number of carbonyl (C=O) groups excluding carboxylic acids is 1. The van der Waals surface area contributed by atoms with Gasteiger partial charge in [0.05, 0.1) is 18.7 Å². The average Bonchev–Trinajstić information content (AvgIpc) is 2.29. The van der Waals surface area contributed by atoms with Gasteiger partial charge in [-0.05, 0) is 24.6 Å². The molecule has 1 aromatic rings. The van der Waals surface area contributed by atoms with Crippen molar-refractivity contribution in [3.05, 3.63) is 29.6 Å². The zero-order valence-electron chi connectivity index (χ0n) is 9.00. The summed E-state index contributed by atoms with van der Waals surface area (Å²) in [5.74, 6) is -0.306. The van der Waals surface area contributed by atoms with Gasteiger partial charge in [-0.2, -0.15) is 5.26 Å². The molecular formula is C12H12FNO2. The number of carbonyl (C=O) groups is 1. The summed E-state index contributed by atoms with van der Waals surface area (Å²) in [5, 5.41) is 8.35. The third kappa shape index (κ3) is 3.06. The van der Waals surface area contributed by atoms with Gasteiger partial charge in [-0.1, -0.05) is 0 Å². The number of rotatable bonds is 5. The second-order valence-corrected chi connectivity index (χ2v) is 3.28. The summed E-state index contributed by atoms with van der Waals surface area (Å²) in [6.07, 6.45) is 1.03. The van der Waals surface area contributed by atoms with Crippen LogP contribution in [0.2, 0.25) is 0 Å². The first kappa shape index (κ1) is 12.2. The minimum absolute atomic E-state index is 0.202. The largest absolute Gasteiger partial charge is 0.496 e. The van der Waals surface area contributed by atoms with Crippen molar-refractivity contribution in [3.8, 4) is 11.8 Å². The Morgan fingerprint density at radius 2 is 2.31 bits per heavy atom. The van der Waals surface area contributed by atoms with Gasteiger partial charge in [-0.25, -0.2) is 4.39 Å². The van der Waals surface area contributed by atoms with Gasteiger partial charge in [0.15, 0.2) is 5.78 Å². The Bertz CT molecular complexity index is 424. The molecule has 0 bridgehead atoms. The fourth-order valence-corrected chi connectivity index (χ4v) is 1.36. The van der Waals surface area contributed by atoms with Crippen LogP contribution in [0, 0.1) is 17.1 Å². The van der Waals surface area contributed by atoms with E-state index in [9.17, 15) is 9.18 Å². The first-order valence-corrected chi connectivity index (χ1v) is 4.92. The molecule has 0 aliphatic heterocycles. The number of hydrogen-bond donors (Lipinski definition) is 0. The van der Waals surface area contributed by atoms with Crippen molar-refractivity contribution >= 4 is 5.78 Å². The van der Waals surface area contributed by atoms with Crippen LogP contribution in [0.5, 0.6) is 5.75 Å². The second-order valence-electron chi connectivity index (χ2n) is 3.28. The Hall–Kier alpha value is -1.89. The Balaban J connectivity index is 2.81. The molecule has 84 valence electrons. The summed E-state index contributed by atoms with van der Waals surface area (Å²) in [6.45, 7) is 0. The number of unbranched alkanes of at least 4 members (excludes halogenated alkanes) is 1. The van der Waals surface area contributed by atoms with E-state index in [1.807, 2.05) is 6.07 Å². The van der Waals surface area contributed by atoms with Gasteiger partial charge >= 0.3 is 0 Å². The third-order valence-electron chi connectivity index (χ3n) is 2.15. The molecule has 0 N–H and O–H groups in total. The molecule has 0 spiro atoms. The van der Waals surface area contributed by atoms with Crippen molar-refractivity contribution < 1.29 is 13.9 Å². The Labute approximate surface area is 93.5 Å². The highest BCUT2D eigenvalue weighted by molar-refractivity contribution is 5.98. The van der Waals surface area contributed by atoms with Crippen molar-refractivity contribution in [2.45, 2.75) is 19.3 Å². The van der Waals surface area contributed by atoms with Crippen LogP contribution in [0.3, 0.4) is 0 Å². The molecule has 0 saturated carbocycles. The highest BCUT2D eigenvalue weighted by Crippen LogP contribution is 2.21. The van der Waals surface area contributed by atoms with Crippen molar-refractivity contribution in [2.24, 2.45) is 0 Å². The Morgan fingerprint density at radius 1 is 1.56 bits per heavy atom. The molecule has 0 amide bonds. The number of ketones is 1. The number of halogens is 1. The monoisotopic (exact) mass is 221 g/mol.